The van der Waals surface area contributed by atoms with Crippen LogP contribution in [0.5, 0.6) is 5.75 Å². The lowest BCUT2D eigenvalue weighted by Gasteiger charge is -2.06. The molecule has 7 heteroatoms. The van der Waals surface area contributed by atoms with Gasteiger partial charge in [0.05, 0.1) is 12.8 Å². The van der Waals surface area contributed by atoms with Gasteiger partial charge in [-0.25, -0.2) is 4.68 Å². The van der Waals surface area contributed by atoms with Gasteiger partial charge in [0.25, 0.3) is 0 Å². The number of carbonyl (C=O) groups excluding carboxylic acids is 1. The zero-order chi connectivity index (χ0) is 12.5. The number of fused-ring (bicyclic) bond motifs is 1. The summed E-state index contributed by atoms with van der Waals surface area (Å²) in [5.74, 6) is 0.0234. The van der Waals surface area contributed by atoms with Gasteiger partial charge >= 0.3 is 5.97 Å². The minimum Gasteiger partial charge on any atom is -0.492 e. The molecule has 0 unspecified atom stereocenters. The molecule has 0 radical (unpaired) electrons. The van der Waals surface area contributed by atoms with Gasteiger partial charge in [-0.1, -0.05) is 6.07 Å². The van der Waals surface area contributed by atoms with Gasteiger partial charge in [-0.3, -0.25) is 4.79 Å². The molecule has 0 amide bonds. The topological polar surface area (TPSA) is 79.1 Å². The molecular weight excluding hydrogens is 236 g/mol. The number of hydrogen-bond donors (Lipinski definition) is 0. The average molecular weight is 246 g/mol. The normalized spacial score (nSPS) is 17.1. The summed E-state index contributed by atoms with van der Waals surface area (Å²) < 4.78 is 11.7. The Bertz CT molecular complexity index is 582. The molecule has 0 bridgehead atoms. The van der Waals surface area contributed by atoms with Crippen LogP contribution >= 0.6 is 0 Å². The molecule has 1 atom stereocenters. The first-order chi connectivity index (χ1) is 8.79. The molecular formula is C11H10N4O3. The van der Waals surface area contributed by atoms with Gasteiger partial charge in [0.2, 0.25) is 0 Å². The SMILES string of the molecule is COC(=O)[C@H]1COc2cc(-n3cnnn3)ccc21. The third-order valence-electron chi connectivity index (χ3n) is 2.88. The van der Waals surface area contributed by atoms with Gasteiger partial charge in [-0.2, -0.15) is 0 Å². The van der Waals surface area contributed by atoms with Gasteiger partial charge in [-0.05, 0) is 16.5 Å². The van der Waals surface area contributed by atoms with Crippen molar-refractivity contribution in [2.75, 3.05) is 13.7 Å². The molecule has 0 spiro atoms. The summed E-state index contributed by atoms with van der Waals surface area (Å²) in [7, 11) is 1.37. The van der Waals surface area contributed by atoms with E-state index in [2.05, 4.69) is 15.5 Å². The maximum atomic E-state index is 11.6. The fraction of sp³-hybridized carbons (Fsp3) is 0.273. The van der Waals surface area contributed by atoms with E-state index in [0.29, 0.717) is 12.4 Å². The van der Waals surface area contributed by atoms with Crippen molar-refractivity contribution in [1.29, 1.82) is 0 Å². The number of aromatic nitrogens is 4. The van der Waals surface area contributed by atoms with Gasteiger partial charge < -0.3 is 9.47 Å². The van der Waals surface area contributed by atoms with E-state index in [4.69, 9.17) is 9.47 Å². The van der Waals surface area contributed by atoms with Crippen molar-refractivity contribution in [3.05, 3.63) is 30.1 Å². The predicted octanol–water partition coefficient (Wildman–Crippen LogP) is 0.311. The maximum absolute atomic E-state index is 11.6. The number of carbonyl (C=O) groups is 1. The first-order valence-electron chi connectivity index (χ1n) is 5.37. The lowest BCUT2D eigenvalue weighted by atomic mass is 10.0. The monoisotopic (exact) mass is 246 g/mol. The number of methoxy groups -OCH3 is 1. The molecule has 1 aliphatic rings. The quantitative estimate of drug-likeness (QED) is 0.709. The van der Waals surface area contributed by atoms with Crippen LogP contribution in [0.25, 0.3) is 5.69 Å². The zero-order valence-electron chi connectivity index (χ0n) is 9.61. The van der Waals surface area contributed by atoms with Crippen molar-refractivity contribution in [3.8, 4) is 11.4 Å². The van der Waals surface area contributed by atoms with Crippen molar-refractivity contribution < 1.29 is 14.3 Å². The fourth-order valence-corrected chi connectivity index (χ4v) is 1.96. The molecule has 7 nitrogen and oxygen atoms in total. The van der Waals surface area contributed by atoms with E-state index in [9.17, 15) is 4.79 Å². The molecule has 2 aromatic rings. The minimum atomic E-state index is -0.354. The molecule has 0 fully saturated rings. The Morgan fingerprint density at radius 3 is 3.17 bits per heavy atom. The molecule has 0 saturated heterocycles. The van der Waals surface area contributed by atoms with Crippen molar-refractivity contribution in [3.63, 3.8) is 0 Å². The first kappa shape index (κ1) is 10.7. The third-order valence-corrected chi connectivity index (χ3v) is 2.88. The lowest BCUT2D eigenvalue weighted by molar-refractivity contribution is -0.142. The van der Waals surface area contributed by atoms with Crippen molar-refractivity contribution >= 4 is 5.97 Å². The second kappa shape index (κ2) is 4.10. The molecule has 0 N–H and O–H groups in total. The van der Waals surface area contributed by atoms with Crippen LogP contribution in [0.2, 0.25) is 0 Å². The molecule has 1 aromatic heterocycles. The average Bonchev–Trinajstić information content (AvgIpc) is 3.06. The van der Waals surface area contributed by atoms with Crippen molar-refractivity contribution in [2.24, 2.45) is 0 Å². The summed E-state index contributed by atoms with van der Waals surface area (Å²) in [5.41, 5.74) is 1.61. The first-order valence-corrected chi connectivity index (χ1v) is 5.37. The number of nitrogens with zero attached hydrogens (tertiary/aromatic N) is 4. The van der Waals surface area contributed by atoms with Crippen LogP contribution in [0.1, 0.15) is 11.5 Å². The van der Waals surface area contributed by atoms with Gasteiger partial charge in [0.15, 0.2) is 0 Å². The Balaban J connectivity index is 1.97. The van der Waals surface area contributed by atoms with Crippen LogP contribution in [-0.2, 0) is 9.53 Å². The summed E-state index contributed by atoms with van der Waals surface area (Å²) in [5, 5.41) is 10.9. The Kier molecular flexibility index (Phi) is 2.44. The maximum Gasteiger partial charge on any atom is 0.316 e. The summed E-state index contributed by atoms with van der Waals surface area (Å²) in [4.78, 5) is 11.6. The van der Waals surface area contributed by atoms with Crippen LogP contribution < -0.4 is 4.74 Å². The second-order valence-electron chi connectivity index (χ2n) is 3.86. The molecule has 1 aliphatic heterocycles. The highest BCUT2D eigenvalue weighted by molar-refractivity contribution is 5.80. The number of hydrogen-bond acceptors (Lipinski definition) is 6. The summed E-state index contributed by atoms with van der Waals surface area (Å²) >= 11 is 0. The second-order valence-corrected chi connectivity index (χ2v) is 3.86. The number of esters is 1. The Morgan fingerprint density at radius 1 is 1.56 bits per heavy atom. The summed E-state index contributed by atoms with van der Waals surface area (Å²) in [6.45, 7) is 0.307. The smallest absolute Gasteiger partial charge is 0.316 e. The lowest BCUT2D eigenvalue weighted by Crippen LogP contribution is -2.15. The number of rotatable bonds is 2. The number of benzene rings is 1. The molecule has 18 heavy (non-hydrogen) atoms. The highest BCUT2D eigenvalue weighted by Crippen LogP contribution is 2.35. The van der Waals surface area contributed by atoms with E-state index in [1.165, 1.54) is 18.1 Å². The van der Waals surface area contributed by atoms with E-state index >= 15 is 0 Å². The van der Waals surface area contributed by atoms with E-state index in [0.717, 1.165) is 11.3 Å². The largest absolute Gasteiger partial charge is 0.492 e. The van der Waals surface area contributed by atoms with Crippen LogP contribution in [-0.4, -0.2) is 39.9 Å². The van der Waals surface area contributed by atoms with Crippen molar-refractivity contribution in [2.45, 2.75) is 5.92 Å². The molecule has 0 aliphatic carbocycles. The number of tetrazole rings is 1. The number of ether oxygens (including phenoxy) is 2. The van der Waals surface area contributed by atoms with Crippen LogP contribution in [0.4, 0.5) is 0 Å². The molecule has 0 saturated carbocycles. The van der Waals surface area contributed by atoms with Gasteiger partial charge in [0.1, 0.15) is 24.6 Å². The zero-order valence-corrected chi connectivity index (χ0v) is 9.61. The molecule has 92 valence electrons. The van der Waals surface area contributed by atoms with E-state index in [-0.39, 0.29) is 11.9 Å². The van der Waals surface area contributed by atoms with Gasteiger partial charge in [0, 0.05) is 11.6 Å². The van der Waals surface area contributed by atoms with Crippen LogP contribution in [0, 0.1) is 0 Å². The Morgan fingerprint density at radius 2 is 2.44 bits per heavy atom. The molecule has 1 aromatic carbocycles. The fourth-order valence-electron chi connectivity index (χ4n) is 1.96. The van der Waals surface area contributed by atoms with Gasteiger partial charge in [-0.15, -0.1) is 5.10 Å². The highest BCUT2D eigenvalue weighted by atomic mass is 16.5. The van der Waals surface area contributed by atoms with E-state index < -0.39 is 0 Å². The summed E-state index contributed by atoms with van der Waals surface area (Å²) in [6.07, 6.45) is 1.49. The summed E-state index contributed by atoms with van der Waals surface area (Å²) in [6, 6.07) is 5.47. The van der Waals surface area contributed by atoms with E-state index in [1.807, 2.05) is 12.1 Å². The predicted molar refractivity (Wildman–Crippen MR) is 59.4 cm³/mol. The van der Waals surface area contributed by atoms with Crippen LogP contribution in [0.15, 0.2) is 24.5 Å². The van der Waals surface area contributed by atoms with Crippen LogP contribution in [0.3, 0.4) is 0 Å². The Labute approximate surface area is 102 Å². The highest BCUT2D eigenvalue weighted by Gasteiger charge is 2.31. The molecule has 3 rings (SSSR count). The standard InChI is InChI=1S/C11H10N4O3/c1-17-11(16)9-5-18-10-4-7(2-3-8(9)10)15-6-12-13-14-15/h2-4,6,9H,5H2,1H3/t9-/m0/s1. The van der Waals surface area contributed by atoms with E-state index in [1.54, 1.807) is 6.07 Å². The Hall–Kier alpha value is -2.44. The minimum absolute atomic E-state index is 0.288. The third kappa shape index (κ3) is 1.60. The van der Waals surface area contributed by atoms with Crippen molar-refractivity contribution in [1.82, 2.24) is 20.2 Å². The molecule has 2 heterocycles.